The third-order valence-corrected chi connectivity index (χ3v) is 11.6. The van der Waals surface area contributed by atoms with E-state index in [9.17, 15) is 4.57 Å². The van der Waals surface area contributed by atoms with Crippen LogP contribution in [0.25, 0.3) is 0 Å². The van der Waals surface area contributed by atoms with Gasteiger partial charge in [0.1, 0.15) is 0 Å². The zero-order valence-electron chi connectivity index (χ0n) is 14.2. The summed E-state index contributed by atoms with van der Waals surface area (Å²) in [5.41, 5.74) is 2.07. The summed E-state index contributed by atoms with van der Waals surface area (Å²) in [6.45, 7) is 4.37. The second-order valence-corrected chi connectivity index (χ2v) is 13.6. The van der Waals surface area contributed by atoms with Crippen LogP contribution in [-0.2, 0) is 9.09 Å². The summed E-state index contributed by atoms with van der Waals surface area (Å²) < 4.78 is 19.0. The predicted octanol–water partition coefficient (Wildman–Crippen LogP) is 8.10. The Hall–Kier alpha value is -0.0900. The minimum atomic E-state index is -2.88. The molecule has 0 aliphatic heterocycles. The van der Waals surface area contributed by atoms with Gasteiger partial charge in [0, 0.05) is 15.8 Å². The zero-order valence-corrected chi connectivity index (χ0v) is 18.2. The molecule has 0 heterocycles. The quantitative estimate of drug-likeness (QED) is 0.372. The van der Waals surface area contributed by atoms with Crippen LogP contribution in [0.1, 0.15) is 36.6 Å². The molecule has 25 heavy (non-hydrogen) atoms. The van der Waals surface area contributed by atoms with Gasteiger partial charge < -0.3 is 4.52 Å². The minimum absolute atomic E-state index is 0.115. The molecule has 0 saturated carbocycles. The van der Waals surface area contributed by atoms with Crippen LogP contribution in [0.3, 0.4) is 0 Å². The highest BCUT2D eigenvalue weighted by molar-refractivity contribution is 8.89. The molecule has 0 amide bonds. The SMILES string of the molecule is CCCSP(=O)(OCC)SC(c1ccc(Cl)cc1)c1ccc(Cl)cc1. The summed E-state index contributed by atoms with van der Waals surface area (Å²) in [6, 6.07) is 15.3. The molecule has 1 atom stereocenters. The van der Waals surface area contributed by atoms with Crippen molar-refractivity contribution in [3.63, 3.8) is 0 Å². The maximum atomic E-state index is 13.3. The van der Waals surface area contributed by atoms with E-state index < -0.39 is 5.77 Å². The van der Waals surface area contributed by atoms with Gasteiger partial charge in [-0.15, -0.1) is 0 Å². The van der Waals surface area contributed by atoms with E-state index in [2.05, 4.69) is 6.92 Å². The molecule has 2 nitrogen and oxygen atoms in total. The minimum Gasteiger partial charge on any atom is -0.314 e. The standard InChI is InChI=1S/C18H21Cl2O2PS2/c1-3-13-24-23(21,22-4-2)25-18(14-5-9-16(19)10-6-14)15-7-11-17(20)12-8-15/h5-12,18H,3-4,13H2,1-2H3. The van der Waals surface area contributed by atoms with Crippen molar-refractivity contribution in [1.82, 2.24) is 0 Å². The van der Waals surface area contributed by atoms with Crippen molar-refractivity contribution < 1.29 is 9.09 Å². The van der Waals surface area contributed by atoms with Crippen molar-refractivity contribution in [3.05, 3.63) is 69.7 Å². The first kappa shape index (κ1) is 21.2. The van der Waals surface area contributed by atoms with Crippen molar-refractivity contribution in [2.24, 2.45) is 0 Å². The van der Waals surface area contributed by atoms with Crippen LogP contribution in [0.5, 0.6) is 0 Å². The van der Waals surface area contributed by atoms with Gasteiger partial charge in [0.15, 0.2) is 0 Å². The molecule has 7 heteroatoms. The molecule has 0 aliphatic carbocycles. The van der Waals surface area contributed by atoms with E-state index in [4.69, 9.17) is 27.7 Å². The van der Waals surface area contributed by atoms with Crippen LogP contribution in [0.2, 0.25) is 10.0 Å². The maximum Gasteiger partial charge on any atom is 0.314 e. The Morgan fingerprint density at radius 3 is 1.84 bits per heavy atom. The Kier molecular flexibility index (Phi) is 8.74. The summed E-state index contributed by atoms with van der Waals surface area (Å²) in [6.07, 6.45) is 0.953. The average molecular weight is 435 g/mol. The van der Waals surface area contributed by atoms with E-state index >= 15 is 0 Å². The molecule has 0 aliphatic rings. The lowest BCUT2D eigenvalue weighted by atomic mass is 10.0. The lowest BCUT2D eigenvalue weighted by Gasteiger charge is -2.23. The van der Waals surface area contributed by atoms with Crippen LogP contribution in [0, 0.1) is 0 Å². The molecule has 0 radical (unpaired) electrons. The Morgan fingerprint density at radius 1 is 0.960 bits per heavy atom. The monoisotopic (exact) mass is 434 g/mol. The van der Waals surface area contributed by atoms with Crippen molar-refractivity contribution in [2.75, 3.05) is 12.4 Å². The van der Waals surface area contributed by atoms with Gasteiger partial charge in [-0.1, -0.05) is 65.8 Å². The summed E-state index contributed by atoms with van der Waals surface area (Å²) >= 11 is 14.9. The Balaban J connectivity index is 2.37. The van der Waals surface area contributed by atoms with E-state index in [1.807, 2.05) is 55.5 Å². The lowest BCUT2D eigenvalue weighted by molar-refractivity contribution is 0.357. The Bertz CT molecular complexity index is 663. The average Bonchev–Trinajstić information content (AvgIpc) is 2.60. The first-order valence-electron chi connectivity index (χ1n) is 8.06. The normalized spacial score (nSPS) is 13.8. The van der Waals surface area contributed by atoms with E-state index in [1.54, 1.807) is 0 Å². The molecular formula is C18H21Cl2O2PS2. The molecule has 0 saturated heterocycles. The third-order valence-electron chi connectivity index (χ3n) is 3.32. The van der Waals surface area contributed by atoms with Crippen molar-refractivity contribution in [1.29, 1.82) is 0 Å². The highest BCUT2D eigenvalue weighted by Crippen LogP contribution is 2.74. The van der Waals surface area contributed by atoms with Crippen LogP contribution >= 0.6 is 51.7 Å². The number of halogens is 2. The molecule has 2 rings (SSSR count). The number of hydrogen-bond donors (Lipinski definition) is 0. The molecule has 0 N–H and O–H groups in total. The van der Waals surface area contributed by atoms with Gasteiger partial charge in [-0.3, -0.25) is 4.57 Å². The number of hydrogen-bond acceptors (Lipinski definition) is 4. The molecule has 2 aromatic rings. The smallest absolute Gasteiger partial charge is 0.314 e. The number of rotatable bonds is 9. The van der Waals surface area contributed by atoms with E-state index in [0.29, 0.717) is 16.7 Å². The summed E-state index contributed by atoms with van der Waals surface area (Å²) in [5.74, 6) is -2.08. The molecule has 1 unspecified atom stereocenters. The topological polar surface area (TPSA) is 26.3 Å². The van der Waals surface area contributed by atoms with Crippen molar-refractivity contribution in [2.45, 2.75) is 25.5 Å². The van der Waals surface area contributed by atoms with Gasteiger partial charge in [0.25, 0.3) is 0 Å². The highest BCUT2D eigenvalue weighted by atomic mass is 35.5. The summed E-state index contributed by atoms with van der Waals surface area (Å²) in [4.78, 5) is 0. The molecule has 0 fully saturated rings. The van der Waals surface area contributed by atoms with Crippen molar-refractivity contribution >= 4 is 51.7 Å². The lowest BCUT2D eigenvalue weighted by Crippen LogP contribution is -1.98. The predicted molar refractivity (Wildman–Crippen MR) is 114 cm³/mol. The molecule has 0 bridgehead atoms. The fourth-order valence-corrected chi connectivity index (χ4v) is 10.1. The van der Waals surface area contributed by atoms with Crippen LogP contribution < -0.4 is 0 Å². The van der Waals surface area contributed by atoms with Crippen LogP contribution in [0.15, 0.2) is 48.5 Å². The van der Waals surface area contributed by atoms with Gasteiger partial charge in [-0.05, 0) is 60.1 Å². The second-order valence-electron chi connectivity index (χ2n) is 5.29. The molecule has 136 valence electrons. The van der Waals surface area contributed by atoms with Gasteiger partial charge in [-0.25, -0.2) is 0 Å². The van der Waals surface area contributed by atoms with E-state index in [1.165, 1.54) is 22.8 Å². The number of benzene rings is 2. The zero-order chi connectivity index (χ0) is 18.3. The first-order chi connectivity index (χ1) is 12.0. The largest absolute Gasteiger partial charge is 0.314 e. The van der Waals surface area contributed by atoms with Crippen LogP contribution in [-0.4, -0.2) is 12.4 Å². The van der Waals surface area contributed by atoms with Gasteiger partial charge in [-0.2, -0.15) is 0 Å². The summed E-state index contributed by atoms with van der Waals surface area (Å²) in [7, 11) is 0. The molecule has 0 aromatic heterocycles. The van der Waals surface area contributed by atoms with Gasteiger partial charge in [0.2, 0.25) is 0 Å². The Morgan fingerprint density at radius 2 is 1.44 bits per heavy atom. The molecule has 2 aromatic carbocycles. The van der Waals surface area contributed by atoms with Crippen LogP contribution in [0.4, 0.5) is 0 Å². The molecule has 0 spiro atoms. The second kappa shape index (κ2) is 10.3. The van der Waals surface area contributed by atoms with Crippen molar-refractivity contribution in [3.8, 4) is 0 Å². The van der Waals surface area contributed by atoms with E-state index in [-0.39, 0.29) is 5.25 Å². The molecular weight excluding hydrogens is 414 g/mol. The fourth-order valence-electron chi connectivity index (χ4n) is 2.18. The fraction of sp³-hybridized carbons (Fsp3) is 0.333. The Labute approximate surface area is 168 Å². The van der Waals surface area contributed by atoms with Gasteiger partial charge >= 0.3 is 5.77 Å². The first-order valence-corrected chi connectivity index (χ1v) is 13.5. The third kappa shape index (κ3) is 6.53. The maximum absolute atomic E-state index is 13.3. The summed E-state index contributed by atoms with van der Waals surface area (Å²) in [5, 5.41) is 1.24. The van der Waals surface area contributed by atoms with E-state index in [0.717, 1.165) is 23.3 Å². The van der Waals surface area contributed by atoms with Gasteiger partial charge in [0.05, 0.1) is 11.9 Å². The highest BCUT2D eigenvalue weighted by Gasteiger charge is 2.31.